The summed E-state index contributed by atoms with van der Waals surface area (Å²) in [4.78, 5) is 15.8. The molecule has 26 heavy (non-hydrogen) atoms. The van der Waals surface area contributed by atoms with Crippen molar-refractivity contribution in [3.8, 4) is 0 Å². The molecule has 3 N–H and O–H groups in total. The first-order chi connectivity index (χ1) is 11.9. The summed E-state index contributed by atoms with van der Waals surface area (Å²) in [5, 5.41) is 9.77. The number of hydrogen-bond acceptors (Lipinski definition) is 3. The number of nitrogens with zero attached hydrogens (tertiary/aromatic N) is 1. The number of ether oxygens (including phenoxy) is 1. The molecule has 0 saturated carbocycles. The van der Waals surface area contributed by atoms with Crippen LogP contribution in [0, 0.1) is 5.41 Å². The lowest BCUT2D eigenvalue weighted by Gasteiger charge is -2.26. The molecule has 1 aromatic carbocycles. The van der Waals surface area contributed by atoms with Crippen molar-refractivity contribution in [2.24, 2.45) is 10.4 Å². The summed E-state index contributed by atoms with van der Waals surface area (Å²) >= 11 is 6.05. The number of guanidine groups is 1. The summed E-state index contributed by atoms with van der Waals surface area (Å²) in [6, 6.07) is 7.90. The maximum absolute atomic E-state index is 11.7. The van der Waals surface area contributed by atoms with Crippen molar-refractivity contribution in [2.45, 2.75) is 20.3 Å². The standard InChI is InChI=1S/C18H29ClN4O2.HI/c1-18(2,11-14-6-5-7-15(19)10-14)13-23-17(20-3)22-12-16(24)21-8-9-25-4;/h5-7,10H,8-9,11-13H2,1-4H3,(H,21,24)(H2,20,22,23);1H. The van der Waals surface area contributed by atoms with Gasteiger partial charge in [-0.2, -0.15) is 0 Å². The van der Waals surface area contributed by atoms with Gasteiger partial charge in [0.1, 0.15) is 0 Å². The van der Waals surface area contributed by atoms with Crippen LogP contribution in [0.25, 0.3) is 0 Å². The smallest absolute Gasteiger partial charge is 0.239 e. The lowest BCUT2D eigenvalue weighted by Crippen LogP contribution is -2.46. The maximum Gasteiger partial charge on any atom is 0.239 e. The van der Waals surface area contributed by atoms with Crippen molar-refractivity contribution in [3.63, 3.8) is 0 Å². The Kier molecular flexibility index (Phi) is 12.6. The minimum absolute atomic E-state index is 0. The van der Waals surface area contributed by atoms with Crippen LogP contribution in [-0.2, 0) is 16.0 Å². The highest BCUT2D eigenvalue weighted by Gasteiger charge is 2.19. The third kappa shape index (κ3) is 10.8. The number of halogens is 2. The Hall–Kier alpha value is -1.06. The van der Waals surface area contributed by atoms with Gasteiger partial charge in [-0.05, 0) is 29.5 Å². The molecule has 6 nitrogen and oxygen atoms in total. The van der Waals surface area contributed by atoms with Gasteiger partial charge in [-0.1, -0.05) is 37.6 Å². The molecule has 0 aliphatic rings. The lowest BCUT2D eigenvalue weighted by molar-refractivity contribution is -0.120. The predicted octanol–water partition coefficient (Wildman–Crippen LogP) is 2.45. The number of carbonyl (C=O) groups is 1. The summed E-state index contributed by atoms with van der Waals surface area (Å²) in [6.07, 6.45) is 0.884. The normalized spacial score (nSPS) is 11.5. The number of benzene rings is 1. The molecule has 1 amide bonds. The third-order valence-corrected chi connectivity index (χ3v) is 3.81. The van der Waals surface area contributed by atoms with Crippen LogP contribution in [0.1, 0.15) is 19.4 Å². The molecule has 8 heteroatoms. The summed E-state index contributed by atoms with van der Waals surface area (Å²) in [5.74, 6) is 0.499. The molecule has 0 aliphatic heterocycles. The van der Waals surface area contributed by atoms with E-state index in [0.29, 0.717) is 25.7 Å². The summed E-state index contributed by atoms with van der Waals surface area (Å²) in [5.41, 5.74) is 1.20. The van der Waals surface area contributed by atoms with E-state index < -0.39 is 0 Å². The van der Waals surface area contributed by atoms with E-state index in [9.17, 15) is 4.79 Å². The molecule has 0 aromatic heterocycles. The zero-order valence-electron chi connectivity index (χ0n) is 15.9. The Morgan fingerprint density at radius 3 is 2.62 bits per heavy atom. The predicted molar refractivity (Wildman–Crippen MR) is 119 cm³/mol. The molecule has 0 atom stereocenters. The van der Waals surface area contributed by atoms with Crippen molar-refractivity contribution < 1.29 is 9.53 Å². The van der Waals surface area contributed by atoms with Gasteiger partial charge in [0.05, 0.1) is 13.2 Å². The van der Waals surface area contributed by atoms with Crippen LogP contribution >= 0.6 is 35.6 Å². The Bertz CT molecular complexity index is 582. The van der Waals surface area contributed by atoms with Gasteiger partial charge >= 0.3 is 0 Å². The van der Waals surface area contributed by atoms with Crippen molar-refractivity contribution in [2.75, 3.05) is 40.4 Å². The molecule has 148 valence electrons. The highest BCUT2D eigenvalue weighted by molar-refractivity contribution is 14.0. The minimum Gasteiger partial charge on any atom is -0.383 e. The first-order valence-electron chi connectivity index (χ1n) is 8.31. The maximum atomic E-state index is 11.7. The molecule has 0 spiro atoms. The van der Waals surface area contributed by atoms with Gasteiger partial charge in [0.15, 0.2) is 5.96 Å². The highest BCUT2D eigenvalue weighted by Crippen LogP contribution is 2.22. The van der Waals surface area contributed by atoms with E-state index in [4.69, 9.17) is 16.3 Å². The van der Waals surface area contributed by atoms with Gasteiger partial charge in [0.25, 0.3) is 0 Å². The quantitative estimate of drug-likeness (QED) is 0.212. The van der Waals surface area contributed by atoms with Crippen LogP contribution in [-0.4, -0.2) is 52.3 Å². The second-order valence-corrected chi connectivity index (χ2v) is 7.03. The monoisotopic (exact) mass is 496 g/mol. The minimum atomic E-state index is -0.0989. The van der Waals surface area contributed by atoms with Crippen LogP contribution in [0.5, 0.6) is 0 Å². The zero-order chi connectivity index (χ0) is 18.7. The second kappa shape index (κ2) is 13.2. The van der Waals surface area contributed by atoms with E-state index in [0.717, 1.165) is 11.4 Å². The van der Waals surface area contributed by atoms with E-state index in [1.165, 1.54) is 5.56 Å². The summed E-state index contributed by atoms with van der Waals surface area (Å²) in [6.45, 7) is 6.21. The molecule has 1 aromatic rings. The summed E-state index contributed by atoms with van der Waals surface area (Å²) < 4.78 is 4.89. The fourth-order valence-electron chi connectivity index (χ4n) is 2.32. The molecule has 0 aliphatic carbocycles. The fraction of sp³-hybridized carbons (Fsp3) is 0.556. The van der Waals surface area contributed by atoms with E-state index >= 15 is 0 Å². The van der Waals surface area contributed by atoms with E-state index in [1.54, 1.807) is 14.2 Å². The number of nitrogens with one attached hydrogen (secondary N) is 3. The number of rotatable bonds is 9. The SMILES string of the molecule is CN=C(NCC(=O)NCCOC)NCC(C)(C)Cc1cccc(Cl)c1.I. The first kappa shape index (κ1) is 24.9. The number of carbonyl (C=O) groups excluding carboxylic acids is 1. The number of amides is 1. The Morgan fingerprint density at radius 2 is 2.00 bits per heavy atom. The van der Waals surface area contributed by atoms with Gasteiger partial charge in [-0.3, -0.25) is 9.79 Å². The largest absolute Gasteiger partial charge is 0.383 e. The molecule has 0 saturated heterocycles. The molecule has 1 rings (SSSR count). The highest BCUT2D eigenvalue weighted by atomic mass is 127. The first-order valence-corrected chi connectivity index (χ1v) is 8.69. The molecule has 0 fully saturated rings. The Morgan fingerprint density at radius 1 is 1.27 bits per heavy atom. The van der Waals surface area contributed by atoms with Crippen molar-refractivity contribution >= 4 is 47.4 Å². The Labute approximate surface area is 178 Å². The molecule has 0 heterocycles. The van der Waals surface area contributed by atoms with Gasteiger partial charge in [0, 0.05) is 32.3 Å². The van der Waals surface area contributed by atoms with Crippen LogP contribution < -0.4 is 16.0 Å². The lowest BCUT2D eigenvalue weighted by atomic mass is 9.86. The van der Waals surface area contributed by atoms with Crippen molar-refractivity contribution in [3.05, 3.63) is 34.9 Å². The van der Waals surface area contributed by atoms with Crippen molar-refractivity contribution in [1.29, 1.82) is 0 Å². The van der Waals surface area contributed by atoms with Crippen molar-refractivity contribution in [1.82, 2.24) is 16.0 Å². The Balaban J connectivity index is 0.00000625. The second-order valence-electron chi connectivity index (χ2n) is 6.59. The molecule has 0 unspecified atom stereocenters. The molecular formula is C18H30ClIN4O2. The average Bonchev–Trinajstić information content (AvgIpc) is 2.54. The topological polar surface area (TPSA) is 74.8 Å². The van der Waals surface area contributed by atoms with Crippen LogP contribution in [0.15, 0.2) is 29.3 Å². The van der Waals surface area contributed by atoms with E-state index in [2.05, 4.69) is 40.9 Å². The van der Waals surface area contributed by atoms with E-state index in [-0.39, 0.29) is 41.8 Å². The van der Waals surface area contributed by atoms with Crippen LogP contribution in [0.4, 0.5) is 0 Å². The molecular weight excluding hydrogens is 467 g/mol. The zero-order valence-corrected chi connectivity index (χ0v) is 19.0. The third-order valence-electron chi connectivity index (χ3n) is 3.57. The van der Waals surface area contributed by atoms with Gasteiger partial charge in [0.2, 0.25) is 5.91 Å². The number of aliphatic imine (C=N–C) groups is 1. The van der Waals surface area contributed by atoms with Gasteiger partial charge in [-0.25, -0.2) is 0 Å². The number of hydrogen-bond donors (Lipinski definition) is 3. The van der Waals surface area contributed by atoms with E-state index in [1.807, 2.05) is 18.2 Å². The molecule has 0 bridgehead atoms. The fourth-order valence-corrected chi connectivity index (χ4v) is 2.54. The number of methoxy groups -OCH3 is 1. The van der Waals surface area contributed by atoms with Gasteiger partial charge < -0.3 is 20.7 Å². The molecule has 0 radical (unpaired) electrons. The van der Waals surface area contributed by atoms with Gasteiger partial charge in [-0.15, -0.1) is 24.0 Å². The van der Waals surface area contributed by atoms with Crippen LogP contribution in [0.3, 0.4) is 0 Å². The van der Waals surface area contributed by atoms with Crippen LogP contribution in [0.2, 0.25) is 5.02 Å². The average molecular weight is 497 g/mol. The summed E-state index contributed by atoms with van der Waals surface area (Å²) in [7, 11) is 3.28.